The third-order valence-electron chi connectivity index (χ3n) is 5.99. The van der Waals surface area contributed by atoms with Gasteiger partial charge in [0.15, 0.2) is 5.78 Å². The Hall–Kier alpha value is -1.26. The normalized spacial score (nSPS) is 24.2. The topological polar surface area (TPSA) is 74.8 Å². The van der Waals surface area contributed by atoms with Crippen molar-refractivity contribution in [3.05, 3.63) is 68.1 Å². The lowest BCUT2D eigenvalue weighted by Crippen LogP contribution is -2.52. The lowest BCUT2D eigenvalue weighted by Gasteiger charge is -2.30. The summed E-state index contributed by atoms with van der Waals surface area (Å²) in [6.07, 6.45) is 0.873. The van der Waals surface area contributed by atoms with Crippen LogP contribution in [0.5, 0.6) is 0 Å². The minimum atomic E-state index is -0.738. The Morgan fingerprint density at radius 3 is 2.03 bits per heavy atom. The average Bonchev–Trinajstić information content (AvgIpc) is 3.02. The van der Waals surface area contributed by atoms with E-state index in [1.807, 2.05) is 0 Å². The number of halogens is 5. The molecule has 178 valence electrons. The predicted molar refractivity (Wildman–Crippen MR) is 139 cm³/mol. The van der Waals surface area contributed by atoms with E-state index in [4.69, 9.17) is 23.2 Å². The molecule has 2 fully saturated rings. The van der Waals surface area contributed by atoms with Gasteiger partial charge >= 0.3 is 0 Å². The summed E-state index contributed by atoms with van der Waals surface area (Å²) in [6.45, 7) is -0.508. The number of Topliss-reactive ketones (excluding diaryl/α,β-unsaturated/α-hetero) is 1. The van der Waals surface area contributed by atoms with E-state index in [9.17, 15) is 19.2 Å². The molecule has 2 aliphatic rings. The molecule has 0 N–H and O–H groups in total. The predicted octanol–water partition coefficient (Wildman–Crippen LogP) is 5.92. The van der Waals surface area contributed by atoms with Gasteiger partial charge in [0.1, 0.15) is 6.54 Å². The molecule has 1 heterocycles. The SMILES string of the molecule is O=C(CN(C(=O)c1ccc(Cl)cc1Cl)N1C(=O)[C@H]2C[C@@H](Br)[C@@H](Br)C[C@H]2C1=O)c1ccc(Br)cc1. The second-order valence-electron chi connectivity index (χ2n) is 8.12. The molecular formula is C23H17Br3Cl2N2O4. The third kappa shape index (κ3) is 5.00. The Kier molecular flexibility index (Phi) is 7.89. The Morgan fingerprint density at radius 2 is 1.50 bits per heavy atom. The van der Waals surface area contributed by atoms with Crippen LogP contribution in [0.25, 0.3) is 0 Å². The number of hydrogen-bond donors (Lipinski definition) is 0. The molecule has 34 heavy (non-hydrogen) atoms. The van der Waals surface area contributed by atoms with Crippen LogP contribution in [0.3, 0.4) is 0 Å². The molecule has 2 aromatic rings. The van der Waals surface area contributed by atoms with Gasteiger partial charge in [-0.3, -0.25) is 19.2 Å². The van der Waals surface area contributed by atoms with Crippen LogP contribution in [0.4, 0.5) is 0 Å². The maximum atomic E-state index is 13.6. The van der Waals surface area contributed by atoms with Crippen molar-refractivity contribution in [1.82, 2.24) is 10.0 Å². The molecule has 1 aliphatic heterocycles. The summed E-state index contributed by atoms with van der Waals surface area (Å²) in [7, 11) is 0. The molecule has 0 unspecified atom stereocenters. The Labute approximate surface area is 231 Å². The maximum Gasteiger partial charge on any atom is 0.274 e. The van der Waals surface area contributed by atoms with E-state index >= 15 is 0 Å². The minimum Gasteiger partial charge on any atom is -0.292 e. The number of carbonyl (C=O) groups is 4. The van der Waals surface area contributed by atoms with Gasteiger partial charge in [-0.1, -0.05) is 83.1 Å². The maximum absolute atomic E-state index is 13.6. The van der Waals surface area contributed by atoms with Crippen molar-refractivity contribution >= 4 is 94.5 Å². The number of hydrazine groups is 1. The number of alkyl halides is 2. The lowest BCUT2D eigenvalue weighted by molar-refractivity contribution is -0.154. The molecule has 1 saturated carbocycles. The van der Waals surface area contributed by atoms with Crippen LogP contribution in [-0.2, 0) is 9.59 Å². The van der Waals surface area contributed by atoms with Crippen molar-refractivity contribution in [2.24, 2.45) is 11.8 Å². The number of amides is 3. The molecule has 0 bridgehead atoms. The number of imide groups is 1. The first kappa shape index (κ1) is 25.8. The van der Waals surface area contributed by atoms with E-state index in [0.29, 0.717) is 23.4 Å². The number of fused-ring (bicyclic) bond motifs is 1. The van der Waals surface area contributed by atoms with Gasteiger partial charge in [-0.05, 0) is 43.2 Å². The molecule has 0 radical (unpaired) electrons. The zero-order valence-electron chi connectivity index (χ0n) is 17.4. The average molecular weight is 696 g/mol. The van der Waals surface area contributed by atoms with E-state index in [2.05, 4.69) is 47.8 Å². The van der Waals surface area contributed by atoms with Crippen molar-refractivity contribution < 1.29 is 19.2 Å². The number of rotatable bonds is 5. The van der Waals surface area contributed by atoms with E-state index in [0.717, 1.165) is 14.5 Å². The fourth-order valence-corrected chi connectivity index (χ4v) is 6.20. The van der Waals surface area contributed by atoms with Crippen molar-refractivity contribution in [3.63, 3.8) is 0 Å². The summed E-state index contributed by atoms with van der Waals surface area (Å²) in [4.78, 5) is 53.5. The van der Waals surface area contributed by atoms with Crippen molar-refractivity contribution in [2.75, 3.05) is 6.54 Å². The smallest absolute Gasteiger partial charge is 0.274 e. The molecule has 1 saturated heterocycles. The first-order valence-corrected chi connectivity index (χ1v) is 13.7. The van der Waals surface area contributed by atoms with Crippen LogP contribution in [0.15, 0.2) is 46.9 Å². The zero-order chi connectivity index (χ0) is 24.7. The molecule has 0 spiro atoms. The van der Waals surface area contributed by atoms with Crippen molar-refractivity contribution in [3.8, 4) is 0 Å². The molecule has 3 amide bonds. The van der Waals surface area contributed by atoms with E-state index in [-0.39, 0.29) is 20.2 Å². The largest absolute Gasteiger partial charge is 0.292 e. The fourth-order valence-electron chi connectivity index (χ4n) is 4.21. The van der Waals surface area contributed by atoms with Crippen LogP contribution in [0.2, 0.25) is 10.0 Å². The highest BCUT2D eigenvalue weighted by Crippen LogP contribution is 2.44. The van der Waals surface area contributed by atoms with Crippen LogP contribution >= 0.6 is 71.0 Å². The summed E-state index contributed by atoms with van der Waals surface area (Å²) in [6, 6.07) is 10.9. The van der Waals surface area contributed by atoms with Crippen LogP contribution in [0, 0.1) is 11.8 Å². The molecule has 4 atom stereocenters. The van der Waals surface area contributed by atoms with Gasteiger partial charge in [-0.15, -0.1) is 0 Å². The number of hydrogen-bond acceptors (Lipinski definition) is 4. The highest BCUT2D eigenvalue weighted by atomic mass is 79.9. The summed E-state index contributed by atoms with van der Waals surface area (Å²) >= 11 is 22.7. The summed E-state index contributed by atoms with van der Waals surface area (Å²) < 4.78 is 0.785. The number of benzene rings is 2. The third-order valence-corrected chi connectivity index (χ3v) is 9.80. The molecule has 4 rings (SSSR count). The Bertz CT molecular complexity index is 1150. The van der Waals surface area contributed by atoms with Crippen molar-refractivity contribution in [1.29, 1.82) is 0 Å². The molecule has 6 nitrogen and oxygen atoms in total. The lowest BCUT2D eigenvalue weighted by atomic mass is 9.81. The van der Waals surface area contributed by atoms with Gasteiger partial charge < -0.3 is 0 Å². The molecular weight excluding hydrogens is 679 g/mol. The van der Waals surface area contributed by atoms with E-state index in [1.165, 1.54) is 18.2 Å². The van der Waals surface area contributed by atoms with Crippen molar-refractivity contribution in [2.45, 2.75) is 22.5 Å². The Balaban J connectivity index is 1.72. The second-order valence-corrected chi connectivity index (χ2v) is 12.2. The van der Waals surface area contributed by atoms with Crippen LogP contribution in [-0.4, -0.2) is 49.7 Å². The highest BCUT2D eigenvalue weighted by molar-refractivity contribution is 9.12. The quantitative estimate of drug-likeness (QED) is 0.221. The number of carbonyl (C=O) groups excluding carboxylic acids is 4. The van der Waals surface area contributed by atoms with Crippen LogP contribution in [0.1, 0.15) is 33.6 Å². The number of nitrogens with zero attached hydrogens (tertiary/aromatic N) is 2. The van der Waals surface area contributed by atoms with Gasteiger partial charge in [0.05, 0.1) is 22.4 Å². The molecule has 11 heteroatoms. The number of ketones is 1. The van der Waals surface area contributed by atoms with Gasteiger partial charge in [0.2, 0.25) is 0 Å². The summed E-state index contributed by atoms with van der Waals surface area (Å²) in [5, 5.41) is 2.13. The van der Waals surface area contributed by atoms with E-state index in [1.54, 1.807) is 24.3 Å². The minimum absolute atomic E-state index is 0.00436. The monoisotopic (exact) mass is 692 g/mol. The van der Waals surface area contributed by atoms with Crippen LogP contribution < -0.4 is 0 Å². The zero-order valence-corrected chi connectivity index (χ0v) is 23.7. The standard InChI is InChI=1S/C23H17Br3Cl2N2O4/c24-12-3-1-11(2-4-12)20(31)10-29(21(32)14-6-5-13(27)7-19(14)28)30-22(33)15-8-17(25)18(26)9-16(15)23(30)34/h1-7,15-18H,8-10H2/t15-,16+,17+,18-. The summed E-state index contributed by atoms with van der Waals surface area (Å²) in [5.74, 6) is -3.33. The van der Waals surface area contributed by atoms with Gasteiger partial charge in [-0.2, -0.15) is 5.01 Å². The molecule has 0 aromatic heterocycles. The summed E-state index contributed by atoms with van der Waals surface area (Å²) in [5.41, 5.74) is 0.364. The van der Waals surface area contributed by atoms with Gasteiger partial charge in [0, 0.05) is 24.7 Å². The first-order chi connectivity index (χ1) is 16.1. The van der Waals surface area contributed by atoms with Gasteiger partial charge in [-0.25, -0.2) is 5.01 Å². The van der Waals surface area contributed by atoms with Gasteiger partial charge in [0.25, 0.3) is 17.7 Å². The Morgan fingerprint density at radius 1 is 0.941 bits per heavy atom. The highest BCUT2D eigenvalue weighted by Gasteiger charge is 2.54. The molecule has 2 aromatic carbocycles. The van der Waals surface area contributed by atoms with E-state index < -0.39 is 41.9 Å². The fraction of sp³-hybridized carbons (Fsp3) is 0.304. The molecule has 1 aliphatic carbocycles. The second kappa shape index (κ2) is 10.4. The first-order valence-electron chi connectivity index (χ1n) is 10.3.